The van der Waals surface area contributed by atoms with E-state index in [1.54, 1.807) is 0 Å². The molecule has 4 heteroatoms. The van der Waals surface area contributed by atoms with Crippen molar-refractivity contribution in [3.05, 3.63) is 0 Å². The Bertz CT molecular complexity index is 456. The second-order valence-electron chi connectivity index (χ2n) is 8.30. The molecule has 3 aliphatic rings. The molecule has 1 aliphatic heterocycles. The normalized spacial score (nSPS) is 35.0. The predicted octanol–water partition coefficient (Wildman–Crippen LogP) is 2.96. The molecule has 4 atom stereocenters. The molecular weight excluding hydrogens is 288 g/mol. The Balaban J connectivity index is 1.65. The number of carbonyl (C=O) groups is 2. The lowest BCUT2D eigenvalue weighted by molar-refractivity contribution is -0.132. The van der Waals surface area contributed by atoms with Crippen molar-refractivity contribution in [3.63, 3.8) is 0 Å². The molecule has 0 aromatic carbocycles. The Morgan fingerprint density at radius 1 is 1.26 bits per heavy atom. The number of amides is 2. The van der Waals surface area contributed by atoms with Crippen LogP contribution in [-0.2, 0) is 9.59 Å². The van der Waals surface area contributed by atoms with Crippen molar-refractivity contribution in [2.45, 2.75) is 77.8 Å². The summed E-state index contributed by atoms with van der Waals surface area (Å²) >= 11 is 0. The van der Waals surface area contributed by atoms with E-state index in [0.717, 1.165) is 13.0 Å². The van der Waals surface area contributed by atoms with Crippen LogP contribution in [0.2, 0.25) is 0 Å². The van der Waals surface area contributed by atoms with Gasteiger partial charge in [-0.25, -0.2) is 0 Å². The lowest BCUT2D eigenvalue weighted by Crippen LogP contribution is -2.43. The van der Waals surface area contributed by atoms with Gasteiger partial charge >= 0.3 is 0 Å². The summed E-state index contributed by atoms with van der Waals surface area (Å²) in [6.07, 6.45) is 8.08. The number of carbonyl (C=O) groups excluding carboxylic acids is 2. The van der Waals surface area contributed by atoms with E-state index in [9.17, 15) is 9.59 Å². The van der Waals surface area contributed by atoms with Crippen LogP contribution < -0.4 is 5.32 Å². The van der Waals surface area contributed by atoms with Crippen molar-refractivity contribution in [2.75, 3.05) is 6.54 Å². The Labute approximate surface area is 140 Å². The van der Waals surface area contributed by atoms with E-state index < -0.39 is 0 Å². The van der Waals surface area contributed by atoms with E-state index in [-0.39, 0.29) is 11.8 Å². The minimum Gasteiger partial charge on any atom is -0.356 e. The van der Waals surface area contributed by atoms with E-state index in [1.165, 1.54) is 32.1 Å². The zero-order valence-electron chi connectivity index (χ0n) is 14.9. The predicted molar refractivity (Wildman–Crippen MR) is 90.7 cm³/mol. The molecule has 3 rings (SSSR count). The molecule has 2 saturated carbocycles. The molecule has 1 saturated heterocycles. The number of nitrogens with one attached hydrogen (secondary N) is 1. The molecule has 2 aliphatic carbocycles. The smallest absolute Gasteiger partial charge is 0.223 e. The van der Waals surface area contributed by atoms with E-state index in [2.05, 4.69) is 17.1 Å². The standard InChI is InChI=1S/C19H32N2O2/c1-12(2)19(23)20-11-16-13(3)9-17-15(16)10-18(22)21(17)14-7-5-4-6-8-14/h12-17H,4-11H2,1-3H3,(H,20,23)/t13-,15-,16+,17+/m0/s1. The third-order valence-electron chi connectivity index (χ3n) is 6.45. The first-order chi connectivity index (χ1) is 11.0. The maximum atomic E-state index is 12.6. The van der Waals surface area contributed by atoms with E-state index in [0.29, 0.717) is 42.2 Å². The largest absolute Gasteiger partial charge is 0.356 e. The molecular formula is C19H32N2O2. The number of hydrogen-bond acceptors (Lipinski definition) is 2. The van der Waals surface area contributed by atoms with Crippen LogP contribution in [-0.4, -0.2) is 35.3 Å². The summed E-state index contributed by atoms with van der Waals surface area (Å²) in [6.45, 7) is 6.90. The summed E-state index contributed by atoms with van der Waals surface area (Å²) in [4.78, 5) is 26.8. The Morgan fingerprint density at radius 2 is 1.96 bits per heavy atom. The molecule has 130 valence electrons. The summed E-state index contributed by atoms with van der Waals surface area (Å²) in [6, 6.07) is 0.920. The van der Waals surface area contributed by atoms with Gasteiger partial charge < -0.3 is 10.2 Å². The number of rotatable bonds is 4. The summed E-state index contributed by atoms with van der Waals surface area (Å²) in [5, 5.41) is 3.11. The fourth-order valence-electron chi connectivity index (χ4n) is 5.15. The van der Waals surface area contributed by atoms with Gasteiger partial charge in [0.1, 0.15) is 0 Å². The van der Waals surface area contributed by atoms with E-state index in [4.69, 9.17) is 0 Å². The molecule has 1 heterocycles. The highest BCUT2D eigenvalue weighted by atomic mass is 16.2. The highest BCUT2D eigenvalue weighted by Gasteiger charge is 2.52. The van der Waals surface area contributed by atoms with Crippen LogP contribution in [0.25, 0.3) is 0 Å². The van der Waals surface area contributed by atoms with Gasteiger partial charge in [-0.3, -0.25) is 9.59 Å². The number of fused-ring (bicyclic) bond motifs is 1. The Kier molecular flexibility index (Phi) is 4.98. The van der Waals surface area contributed by atoms with Crippen molar-refractivity contribution in [1.29, 1.82) is 0 Å². The number of likely N-dealkylation sites (tertiary alicyclic amines) is 1. The monoisotopic (exact) mass is 320 g/mol. The van der Waals surface area contributed by atoms with Gasteiger partial charge in [-0.1, -0.05) is 40.0 Å². The van der Waals surface area contributed by atoms with Gasteiger partial charge in [0.05, 0.1) is 0 Å². The van der Waals surface area contributed by atoms with Gasteiger partial charge in [0.2, 0.25) is 11.8 Å². The third kappa shape index (κ3) is 3.27. The summed E-state index contributed by atoms with van der Waals surface area (Å²) in [5.41, 5.74) is 0. The van der Waals surface area contributed by atoms with Crippen LogP contribution in [0.15, 0.2) is 0 Å². The second-order valence-corrected chi connectivity index (χ2v) is 8.30. The maximum absolute atomic E-state index is 12.6. The highest BCUT2D eigenvalue weighted by Crippen LogP contribution is 2.47. The lowest BCUT2D eigenvalue weighted by Gasteiger charge is -2.35. The maximum Gasteiger partial charge on any atom is 0.223 e. The van der Waals surface area contributed by atoms with Gasteiger partial charge in [-0.15, -0.1) is 0 Å². The average Bonchev–Trinajstić information content (AvgIpc) is 2.99. The first-order valence-corrected chi connectivity index (χ1v) is 9.58. The fraction of sp³-hybridized carbons (Fsp3) is 0.895. The topological polar surface area (TPSA) is 49.4 Å². The molecule has 1 N–H and O–H groups in total. The molecule has 0 bridgehead atoms. The van der Waals surface area contributed by atoms with Crippen molar-refractivity contribution in [2.24, 2.45) is 23.7 Å². The molecule has 0 aromatic rings. The molecule has 0 unspecified atom stereocenters. The molecule has 3 fully saturated rings. The van der Waals surface area contributed by atoms with Gasteiger partial charge in [-0.2, -0.15) is 0 Å². The van der Waals surface area contributed by atoms with E-state index >= 15 is 0 Å². The fourth-order valence-corrected chi connectivity index (χ4v) is 5.15. The number of hydrogen-bond donors (Lipinski definition) is 1. The van der Waals surface area contributed by atoms with Crippen LogP contribution in [0, 0.1) is 23.7 Å². The lowest BCUT2D eigenvalue weighted by atomic mass is 9.88. The molecule has 0 spiro atoms. The Morgan fingerprint density at radius 3 is 2.61 bits per heavy atom. The van der Waals surface area contributed by atoms with Crippen LogP contribution >= 0.6 is 0 Å². The minimum atomic E-state index is 0.0338. The second kappa shape index (κ2) is 6.82. The first-order valence-electron chi connectivity index (χ1n) is 9.58. The average molecular weight is 320 g/mol. The minimum absolute atomic E-state index is 0.0338. The zero-order chi connectivity index (χ0) is 16.6. The Hall–Kier alpha value is -1.06. The number of nitrogens with zero attached hydrogens (tertiary/aromatic N) is 1. The molecule has 2 amide bonds. The van der Waals surface area contributed by atoms with Crippen molar-refractivity contribution >= 4 is 11.8 Å². The first kappa shape index (κ1) is 16.8. The van der Waals surface area contributed by atoms with Gasteiger partial charge in [0, 0.05) is 31.0 Å². The molecule has 0 aromatic heterocycles. The van der Waals surface area contributed by atoms with Gasteiger partial charge in [-0.05, 0) is 37.0 Å². The summed E-state index contributed by atoms with van der Waals surface area (Å²) in [5.74, 6) is 2.04. The van der Waals surface area contributed by atoms with E-state index in [1.807, 2.05) is 13.8 Å². The van der Waals surface area contributed by atoms with Crippen LogP contribution in [0.3, 0.4) is 0 Å². The summed E-state index contributed by atoms with van der Waals surface area (Å²) in [7, 11) is 0. The quantitative estimate of drug-likeness (QED) is 0.866. The van der Waals surface area contributed by atoms with Gasteiger partial charge in [0.15, 0.2) is 0 Å². The van der Waals surface area contributed by atoms with Crippen molar-refractivity contribution in [3.8, 4) is 0 Å². The zero-order valence-corrected chi connectivity index (χ0v) is 14.9. The van der Waals surface area contributed by atoms with Crippen LogP contribution in [0.5, 0.6) is 0 Å². The third-order valence-corrected chi connectivity index (χ3v) is 6.45. The van der Waals surface area contributed by atoms with Crippen molar-refractivity contribution < 1.29 is 9.59 Å². The molecule has 4 nitrogen and oxygen atoms in total. The van der Waals surface area contributed by atoms with Crippen LogP contribution in [0.4, 0.5) is 0 Å². The summed E-state index contributed by atoms with van der Waals surface area (Å²) < 4.78 is 0. The van der Waals surface area contributed by atoms with Gasteiger partial charge in [0.25, 0.3) is 0 Å². The van der Waals surface area contributed by atoms with Crippen LogP contribution in [0.1, 0.15) is 65.7 Å². The SMILES string of the molecule is CC(C)C(=O)NC[C@H]1[C@@H]2CC(=O)N(C3CCCCC3)[C@@H]2C[C@@H]1C. The molecule has 23 heavy (non-hydrogen) atoms. The highest BCUT2D eigenvalue weighted by molar-refractivity contribution is 5.80. The van der Waals surface area contributed by atoms with Crippen molar-refractivity contribution in [1.82, 2.24) is 10.2 Å². The molecule has 0 radical (unpaired) electrons.